The number of nitrogens with one attached hydrogen (secondary N) is 1. The van der Waals surface area contributed by atoms with E-state index in [0.29, 0.717) is 38.5 Å². The minimum atomic E-state index is 0.0541. The third-order valence-electron chi connectivity index (χ3n) is 6.34. The summed E-state index contributed by atoms with van der Waals surface area (Å²) < 4.78 is 12.4. The number of carbonyl (C=O) groups is 1. The molecule has 0 aliphatic carbocycles. The number of rotatable bonds is 6. The van der Waals surface area contributed by atoms with E-state index in [2.05, 4.69) is 32.2 Å². The van der Waals surface area contributed by atoms with Crippen LogP contribution in [0.3, 0.4) is 0 Å². The Morgan fingerprint density at radius 3 is 2.42 bits per heavy atom. The van der Waals surface area contributed by atoms with Crippen molar-refractivity contribution in [1.82, 2.24) is 34.8 Å². The van der Waals surface area contributed by atoms with Crippen LogP contribution < -0.4 is 9.47 Å². The van der Waals surface area contributed by atoms with Crippen LogP contribution in [0.4, 0.5) is 0 Å². The molecule has 5 rings (SSSR count). The van der Waals surface area contributed by atoms with Crippen LogP contribution in [0.25, 0.3) is 33.4 Å². The Balaban J connectivity index is 1.42. The predicted octanol–water partition coefficient (Wildman–Crippen LogP) is 3.59. The fourth-order valence-corrected chi connectivity index (χ4v) is 4.94. The van der Waals surface area contributed by atoms with Crippen molar-refractivity contribution in [3.63, 3.8) is 0 Å². The summed E-state index contributed by atoms with van der Waals surface area (Å²) in [4.78, 5) is 21.4. The molecule has 0 bridgehead atoms. The lowest BCUT2D eigenvalue weighted by atomic mass is 10.1. The van der Waals surface area contributed by atoms with Crippen molar-refractivity contribution in [1.29, 1.82) is 0 Å². The molecule has 4 aromatic rings. The molecule has 188 valence electrons. The van der Waals surface area contributed by atoms with Gasteiger partial charge in [0.05, 0.1) is 41.7 Å². The number of amides is 1. The Hall–Kier alpha value is -3.34. The quantitative estimate of drug-likeness (QED) is 0.407. The van der Waals surface area contributed by atoms with E-state index < -0.39 is 0 Å². The van der Waals surface area contributed by atoms with Gasteiger partial charge in [0.1, 0.15) is 23.7 Å². The molecule has 0 atom stereocenters. The molecule has 0 radical (unpaired) electrons. The largest absolute Gasteiger partial charge is 0.495 e. The Bertz CT molecular complexity index is 1400. The van der Waals surface area contributed by atoms with Gasteiger partial charge in [-0.05, 0) is 13.1 Å². The van der Waals surface area contributed by atoms with Gasteiger partial charge in [-0.2, -0.15) is 10.2 Å². The van der Waals surface area contributed by atoms with Crippen molar-refractivity contribution in [2.75, 3.05) is 47.4 Å². The van der Waals surface area contributed by atoms with Crippen LogP contribution in [-0.2, 0) is 11.3 Å². The van der Waals surface area contributed by atoms with Crippen LogP contribution >= 0.6 is 23.2 Å². The number of aromatic amines is 1. The fraction of sp³-hybridized carbons (Fsp3) is 0.333. The third-order valence-corrected chi connectivity index (χ3v) is 7.09. The molecule has 1 aliphatic rings. The fourth-order valence-electron chi connectivity index (χ4n) is 4.25. The second kappa shape index (κ2) is 9.96. The van der Waals surface area contributed by atoms with Gasteiger partial charge < -0.3 is 19.3 Å². The highest BCUT2D eigenvalue weighted by Gasteiger charge is 2.22. The summed E-state index contributed by atoms with van der Waals surface area (Å²) in [7, 11) is 5.11. The minimum absolute atomic E-state index is 0.0541. The lowest BCUT2D eigenvalue weighted by Gasteiger charge is -2.32. The van der Waals surface area contributed by atoms with E-state index in [1.807, 2.05) is 17.2 Å². The summed E-state index contributed by atoms with van der Waals surface area (Å²) in [5.74, 6) is 0.913. The number of aromatic nitrogens is 5. The van der Waals surface area contributed by atoms with Crippen molar-refractivity contribution < 1.29 is 14.3 Å². The lowest BCUT2D eigenvalue weighted by Crippen LogP contribution is -2.48. The monoisotopic (exact) mass is 529 g/mol. The molecule has 0 saturated carbocycles. The van der Waals surface area contributed by atoms with Crippen LogP contribution in [-0.4, -0.2) is 88.1 Å². The van der Waals surface area contributed by atoms with Crippen LogP contribution in [0.15, 0.2) is 30.7 Å². The highest BCUT2D eigenvalue weighted by molar-refractivity contribution is 6.41. The van der Waals surface area contributed by atoms with Gasteiger partial charge in [-0.1, -0.05) is 23.2 Å². The first-order valence-corrected chi connectivity index (χ1v) is 12.1. The Kier molecular flexibility index (Phi) is 6.74. The summed E-state index contributed by atoms with van der Waals surface area (Å²) in [5, 5.41) is 13.4. The average Bonchev–Trinajstić information content (AvgIpc) is 3.51. The number of hydrogen-bond acceptors (Lipinski definition) is 7. The first-order chi connectivity index (χ1) is 17.4. The van der Waals surface area contributed by atoms with Gasteiger partial charge in [0.15, 0.2) is 0 Å². The minimum Gasteiger partial charge on any atom is -0.495 e. The van der Waals surface area contributed by atoms with Gasteiger partial charge >= 0.3 is 0 Å². The van der Waals surface area contributed by atoms with Crippen LogP contribution in [0.5, 0.6) is 11.5 Å². The molecule has 36 heavy (non-hydrogen) atoms. The topological polar surface area (TPSA) is 101 Å². The summed E-state index contributed by atoms with van der Waals surface area (Å²) >= 11 is 13.1. The number of nitrogens with zero attached hydrogens (tertiary/aromatic N) is 6. The van der Waals surface area contributed by atoms with E-state index in [0.717, 1.165) is 42.6 Å². The van der Waals surface area contributed by atoms with Gasteiger partial charge in [-0.3, -0.25) is 19.6 Å². The molecule has 12 heteroatoms. The zero-order valence-electron chi connectivity index (χ0n) is 20.1. The number of H-pyrrole nitrogens is 1. The van der Waals surface area contributed by atoms with Crippen LogP contribution in [0.1, 0.15) is 0 Å². The normalized spacial score (nSPS) is 14.4. The van der Waals surface area contributed by atoms with E-state index in [4.69, 9.17) is 32.7 Å². The summed E-state index contributed by atoms with van der Waals surface area (Å²) in [6, 6.07) is 3.45. The number of ether oxygens (including phenoxy) is 2. The SMILES string of the molecule is COc1cc(OC)c(Cl)c(-c2cc3[nH]nc(-c4cnn(CC(=O)N5CCN(C)CC5)c4)c3cn2)c1Cl. The zero-order chi connectivity index (χ0) is 25.4. The molecule has 4 heterocycles. The smallest absolute Gasteiger partial charge is 0.244 e. The number of pyridine rings is 1. The number of hydrogen-bond donors (Lipinski definition) is 1. The first kappa shape index (κ1) is 24.4. The molecule has 1 aromatic carbocycles. The van der Waals surface area contributed by atoms with Crippen molar-refractivity contribution in [3.05, 3.63) is 40.8 Å². The number of halogens is 2. The van der Waals surface area contributed by atoms with Gasteiger partial charge in [0.2, 0.25) is 5.91 Å². The maximum absolute atomic E-state index is 12.7. The van der Waals surface area contributed by atoms with E-state index in [9.17, 15) is 4.79 Å². The molecule has 1 fully saturated rings. The molecule has 1 N–H and O–H groups in total. The van der Waals surface area contributed by atoms with E-state index in [1.54, 1.807) is 23.1 Å². The number of carbonyl (C=O) groups excluding carboxylic acids is 1. The third kappa shape index (κ3) is 4.47. The van der Waals surface area contributed by atoms with Gasteiger partial charge in [-0.25, -0.2) is 0 Å². The molecular formula is C24H25Cl2N7O3. The van der Waals surface area contributed by atoms with Crippen LogP contribution in [0, 0.1) is 0 Å². The predicted molar refractivity (Wildman–Crippen MR) is 138 cm³/mol. The Morgan fingerprint density at radius 2 is 1.75 bits per heavy atom. The van der Waals surface area contributed by atoms with E-state index in [1.165, 1.54) is 14.2 Å². The van der Waals surface area contributed by atoms with Crippen molar-refractivity contribution >= 4 is 40.0 Å². The van der Waals surface area contributed by atoms with E-state index >= 15 is 0 Å². The number of fused-ring (bicyclic) bond motifs is 1. The number of likely N-dealkylation sites (N-methyl/N-ethyl adjacent to an activating group) is 1. The van der Waals surface area contributed by atoms with Crippen LogP contribution in [0.2, 0.25) is 10.0 Å². The molecule has 3 aromatic heterocycles. The molecule has 1 aliphatic heterocycles. The highest BCUT2D eigenvalue weighted by Crippen LogP contribution is 2.45. The maximum atomic E-state index is 12.7. The maximum Gasteiger partial charge on any atom is 0.244 e. The molecular weight excluding hydrogens is 505 g/mol. The summed E-state index contributed by atoms with van der Waals surface area (Å²) in [6.45, 7) is 3.40. The number of piperazine rings is 1. The standard InChI is InChI=1S/C24H25Cl2N7O3/c1-31-4-6-32(7-5-31)20(34)13-33-12-14(10-28-33)24-15-11-27-17(8-16(15)29-30-24)21-22(25)18(35-2)9-19(36-3)23(21)26/h8-12H,4-7,13H2,1-3H3,(H,29,30). The van der Waals surface area contributed by atoms with Crippen molar-refractivity contribution in [3.8, 4) is 34.0 Å². The molecule has 0 spiro atoms. The highest BCUT2D eigenvalue weighted by atomic mass is 35.5. The van der Waals surface area contributed by atoms with Crippen molar-refractivity contribution in [2.45, 2.75) is 6.54 Å². The first-order valence-electron chi connectivity index (χ1n) is 11.3. The summed E-state index contributed by atoms with van der Waals surface area (Å²) in [6.07, 6.45) is 5.22. The zero-order valence-corrected chi connectivity index (χ0v) is 21.6. The van der Waals surface area contributed by atoms with Gasteiger partial charge in [0, 0.05) is 61.2 Å². The molecule has 1 amide bonds. The van der Waals surface area contributed by atoms with Gasteiger partial charge in [0.25, 0.3) is 0 Å². The summed E-state index contributed by atoms with van der Waals surface area (Å²) in [5.41, 5.74) is 3.25. The number of benzene rings is 1. The molecule has 10 nitrogen and oxygen atoms in total. The van der Waals surface area contributed by atoms with Crippen molar-refractivity contribution in [2.24, 2.45) is 0 Å². The molecule has 1 saturated heterocycles. The average molecular weight is 530 g/mol. The Morgan fingerprint density at radius 1 is 1.06 bits per heavy atom. The number of methoxy groups -OCH3 is 2. The lowest BCUT2D eigenvalue weighted by molar-refractivity contribution is -0.133. The second-order valence-electron chi connectivity index (χ2n) is 8.58. The van der Waals surface area contributed by atoms with E-state index in [-0.39, 0.29) is 12.5 Å². The van der Waals surface area contributed by atoms with Gasteiger partial charge in [-0.15, -0.1) is 0 Å². The second-order valence-corrected chi connectivity index (χ2v) is 9.34. The Labute approximate surface area is 217 Å². The molecule has 0 unspecified atom stereocenters.